The van der Waals surface area contributed by atoms with Gasteiger partial charge in [-0.05, 0) is 43.0 Å². The molecule has 0 N–H and O–H groups in total. The highest BCUT2D eigenvalue weighted by atomic mass is 16.5. The molecular weight excluding hydrogens is 406 g/mol. The lowest BCUT2D eigenvalue weighted by atomic mass is 10.1. The summed E-state index contributed by atoms with van der Waals surface area (Å²) < 4.78 is 6.88. The summed E-state index contributed by atoms with van der Waals surface area (Å²) in [4.78, 5) is 28.4. The van der Waals surface area contributed by atoms with Gasteiger partial charge in [0.1, 0.15) is 12.1 Å². The van der Waals surface area contributed by atoms with Crippen molar-refractivity contribution in [3.05, 3.63) is 65.3 Å². The van der Waals surface area contributed by atoms with Crippen molar-refractivity contribution in [1.29, 1.82) is 0 Å². The van der Waals surface area contributed by atoms with Crippen LogP contribution in [0.5, 0.6) is 5.88 Å². The maximum absolute atomic E-state index is 13.0. The normalized spacial score (nSPS) is 13.9. The van der Waals surface area contributed by atoms with Gasteiger partial charge in [0.2, 0.25) is 11.8 Å². The van der Waals surface area contributed by atoms with Gasteiger partial charge in [-0.25, -0.2) is 19.6 Å². The first-order valence-electron chi connectivity index (χ1n) is 10.8. The molecular formula is C23H23N7O2. The summed E-state index contributed by atoms with van der Waals surface area (Å²) in [7, 11) is 0. The van der Waals surface area contributed by atoms with Gasteiger partial charge in [-0.2, -0.15) is 0 Å². The predicted molar refractivity (Wildman–Crippen MR) is 121 cm³/mol. The number of piperidine rings is 1. The van der Waals surface area contributed by atoms with Crippen molar-refractivity contribution in [2.75, 3.05) is 24.6 Å². The molecule has 5 rings (SSSR count). The maximum Gasteiger partial charge on any atom is 0.277 e. The molecule has 32 heavy (non-hydrogen) atoms. The summed E-state index contributed by atoms with van der Waals surface area (Å²) >= 11 is 0. The van der Waals surface area contributed by atoms with Crippen LogP contribution in [0, 0.1) is 0 Å². The maximum atomic E-state index is 13.0. The van der Waals surface area contributed by atoms with Gasteiger partial charge in [-0.3, -0.25) is 4.79 Å². The molecule has 0 radical (unpaired) electrons. The van der Waals surface area contributed by atoms with Crippen LogP contribution in [0.3, 0.4) is 0 Å². The second-order valence-electron chi connectivity index (χ2n) is 7.69. The van der Waals surface area contributed by atoms with Gasteiger partial charge in [-0.1, -0.05) is 17.3 Å². The first kappa shape index (κ1) is 20.0. The topological polar surface area (TPSA) is 98.9 Å². The van der Waals surface area contributed by atoms with Crippen molar-refractivity contribution >= 4 is 16.9 Å². The highest BCUT2D eigenvalue weighted by Crippen LogP contribution is 2.22. The van der Waals surface area contributed by atoms with Crippen molar-refractivity contribution in [3.8, 4) is 17.0 Å². The van der Waals surface area contributed by atoms with Crippen molar-refractivity contribution in [2.24, 2.45) is 0 Å². The van der Waals surface area contributed by atoms with Gasteiger partial charge in [-0.15, -0.1) is 5.10 Å². The number of aromatic nitrogens is 6. The molecule has 0 amide bonds. The van der Waals surface area contributed by atoms with Crippen LogP contribution in [-0.2, 0) is 6.54 Å². The zero-order valence-electron chi connectivity index (χ0n) is 17.6. The Labute approximate surface area is 184 Å². The number of ether oxygens (including phenoxy) is 1. The minimum atomic E-state index is -0.215. The number of anilines is 1. The van der Waals surface area contributed by atoms with Crippen LogP contribution >= 0.6 is 0 Å². The minimum absolute atomic E-state index is 0.215. The number of pyridine rings is 1. The largest absolute Gasteiger partial charge is 0.476 e. The van der Waals surface area contributed by atoms with E-state index in [2.05, 4.69) is 30.2 Å². The average molecular weight is 429 g/mol. The Balaban J connectivity index is 1.35. The van der Waals surface area contributed by atoms with E-state index in [0.717, 1.165) is 30.2 Å². The minimum Gasteiger partial charge on any atom is -0.476 e. The third-order valence-electron chi connectivity index (χ3n) is 5.52. The zero-order valence-corrected chi connectivity index (χ0v) is 17.6. The van der Waals surface area contributed by atoms with Crippen molar-refractivity contribution in [2.45, 2.75) is 25.8 Å². The summed E-state index contributed by atoms with van der Waals surface area (Å²) in [6, 6.07) is 10.9. The molecule has 9 heteroatoms. The fourth-order valence-corrected chi connectivity index (χ4v) is 3.80. The van der Waals surface area contributed by atoms with E-state index in [1.54, 1.807) is 18.3 Å². The first-order valence-corrected chi connectivity index (χ1v) is 10.8. The second kappa shape index (κ2) is 9.09. The molecule has 0 spiro atoms. The van der Waals surface area contributed by atoms with Gasteiger partial charge in [0, 0.05) is 43.3 Å². The number of hydrogen-bond acceptors (Lipinski definition) is 8. The summed E-state index contributed by atoms with van der Waals surface area (Å²) in [6.45, 7) is 2.54. The first-order chi connectivity index (χ1) is 15.8. The number of benzene rings is 1. The quantitative estimate of drug-likeness (QED) is 0.461. The van der Waals surface area contributed by atoms with Crippen LogP contribution in [0.1, 0.15) is 19.3 Å². The smallest absolute Gasteiger partial charge is 0.277 e. The van der Waals surface area contributed by atoms with E-state index in [4.69, 9.17) is 4.74 Å². The monoisotopic (exact) mass is 429 g/mol. The van der Waals surface area contributed by atoms with E-state index in [1.165, 1.54) is 23.9 Å². The molecule has 0 aliphatic carbocycles. The summed E-state index contributed by atoms with van der Waals surface area (Å²) in [5.41, 5.74) is 2.05. The molecule has 1 aromatic carbocycles. The molecule has 4 aromatic rings. The molecule has 9 nitrogen and oxygen atoms in total. The Bertz CT molecular complexity index is 1250. The lowest BCUT2D eigenvalue weighted by molar-refractivity contribution is 0.276. The lowest BCUT2D eigenvalue weighted by Gasteiger charge is -2.26. The van der Waals surface area contributed by atoms with Crippen LogP contribution in [0.25, 0.3) is 22.0 Å². The zero-order chi connectivity index (χ0) is 21.8. The Morgan fingerprint density at radius 3 is 2.56 bits per heavy atom. The Hall–Kier alpha value is -3.88. The fraction of sp³-hybridized carbons (Fsp3) is 0.304. The van der Waals surface area contributed by atoms with Crippen LogP contribution in [0.2, 0.25) is 0 Å². The van der Waals surface area contributed by atoms with E-state index in [-0.39, 0.29) is 18.7 Å². The van der Waals surface area contributed by atoms with Crippen LogP contribution in [-0.4, -0.2) is 49.6 Å². The van der Waals surface area contributed by atoms with Crippen molar-refractivity contribution in [1.82, 2.24) is 29.9 Å². The Kier molecular flexibility index (Phi) is 5.69. The van der Waals surface area contributed by atoms with Crippen LogP contribution in [0.15, 0.2) is 59.8 Å². The van der Waals surface area contributed by atoms with Gasteiger partial charge in [0.25, 0.3) is 5.56 Å². The molecule has 162 valence electrons. The van der Waals surface area contributed by atoms with E-state index < -0.39 is 0 Å². The molecule has 1 aliphatic rings. The molecule has 0 bridgehead atoms. The number of hydrogen-bond donors (Lipinski definition) is 0. The highest BCUT2D eigenvalue weighted by Gasteiger charge is 2.14. The van der Waals surface area contributed by atoms with Crippen molar-refractivity contribution < 1.29 is 4.74 Å². The van der Waals surface area contributed by atoms with E-state index in [0.29, 0.717) is 16.8 Å². The fourth-order valence-electron chi connectivity index (χ4n) is 3.80. The summed E-state index contributed by atoms with van der Waals surface area (Å²) in [5.74, 6) is 1.26. The van der Waals surface area contributed by atoms with Gasteiger partial charge in [0.15, 0.2) is 0 Å². The molecule has 1 fully saturated rings. The molecule has 1 aliphatic heterocycles. The molecule has 0 saturated carbocycles. The van der Waals surface area contributed by atoms with Gasteiger partial charge >= 0.3 is 0 Å². The molecule has 4 heterocycles. The van der Waals surface area contributed by atoms with Crippen molar-refractivity contribution in [3.63, 3.8) is 0 Å². The molecule has 0 unspecified atom stereocenters. The molecule has 3 aromatic heterocycles. The predicted octanol–water partition coefficient (Wildman–Crippen LogP) is 2.71. The third-order valence-corrected chi connectivity index (χ3v) is 5.52. The standard InChI is InChI=1S/C23H23N7O2/c31-22-19-14-17(18-15-25-23(26-16-18)29-10-4-1-5-11-29)7-8-20(19)27-28-30(22)12-13-32-21-6-2-3-9-24-21/h2-3,6-9,14-16H,1,4-5,10-13H2. The Morgan fingerprint density at radius 2 is 1.78 bits per heavy atom. The van der Waals surface area contributed by atoms with Gasteiger partial charge < -0.3 is 9.64 Å². The summed E-state index contributed by atoms with van der Waals surface area (Å²) in [5, 5.41) is 8.70. The third kappa shape index (κ3) is 4.27. The molecule has 1 saturated heterocycles. The summed E-state index contributed by atoms with van der Waals surface area (Å²) in [6.07, 6.45) is 8.90. The number of fused-ring (bicyclic) bond motifs is 1. The highest BCUT2D eigenvalue weighted by molar-refractivity contribution is 5.83. The number of rotatable bonds is 6. The second-order valence-corrected chi connectivity index (χ2v) is 7.69. The van der Waals surface area contributed by atoms with E-state index >= 15 is 0 Å². The van der Waals surface area contributed by atoms with Gasteiger partial charge in [0.05, 0.1) is 11.9 Å². The lowest BCUT2D eigenvalue weighted by Crippen LogP contribution is -2.30. The number of nitrogens with zero attached hydrogens (tertiary/aromatic N) is 7. The SMILES string of the molecule is O=c1c2cc(-c3cnc(N4CCCCC4)nc3)ccc2nnn1CCOc1ccccn1. The van der Waals surface area contributed by atoms with Crippen LogP contribution in [0.4, 0.5) is 5.95 Å². The Morgan fingerprint density at radius 1 is 0.938 bits per heavy atom. The molecule has 0 atom stereocenters. The van der Waals surface area contributed by atoms with Crippen LogP contribution < -0.4 is 15.2 Å². The average Bonchev–Trinajstić information content (AvgIpc) is 2.87. The van der Waals surface area contributed by atoms with E-state index in [1.807, 2.05) is 36.7 Å². The van der Waals surface area contributed by atoms with E-state index in [9.17, 15) is 4.79 Å².